The molecule has 8 heteroatoms. The fourth-order valence-electron chi connectivity index (χ4n) is 1.45. The number of hydrogen-bond acceptors (Lipinski definition) is 2. The van der Waals surface area contributed by atoms with Gasteiger partial charge in [-0.25, -0.2) is 0 Å². The van der Waals surface area contributed by atoms with Crippen LogP contribution < -0.4 is 5.73 Å². The zero-order chi connectivity index (χ0) is 13.3. The Bertz CT molecular complexity index is 327. The van der Waals surface area contributed by atoms with Crippen LogP contribution in [0.15, 0.2) is 17.5 Å². The molecule has 0 spiro atoms. The third-order valence-corrected chi connectivity index (χ3v) is 3.05. The molecule has 0 fully saturated rings. The van der Waals surface area contributed by atoms with Gasteiger partial charge in [0.1, 0.15) is 0 Å². The molecule has 1 heterocycles. The van der Waals surface area contributed by atoms with Crippen LogP contribution in [0.3, 0.4) is 0 Å². The minimum atomic E-state index is -5.38. The molecule has 98 valence electrons. The van der Waals surface area contributed by atoms with Crippen LogP contribution in [0.25, 0.3) is 0 Å². The first-order chi connectivity index (χ1) is 7.62. The van der Waals surface area contributed by atoms with E-state index in [0.29, 0.717) is 4.88 Å². The van der Waals surface area contributed by atoms with Gasteiger partial charge in [-0.3, -0.25) is 0 Å². The Balaban J connectivity index is 2.84. The summed E-state index contributed by atoms with van der Waals surface area (Å²) >= 11 is 1.08. The Morgan fingerprint density at radius 1 is 1.12 bits per heavy atom. The topological polar surface area (TPSA) is 26.0 Å². The molecule has 0 aliphatic carbocycles. The van der Waals surface area contributed by atoms with Crippen molar-refractivity contribution < 1.29 is 26.3 Å². The largest absolute Gasteiger partial charge is 0.402 e. The van der Waals surface area contributed by atoms with E-state index in [4.69, 9.17) is 5.73 Å². The number of alkyl halides is 6. The maximum atomic E-state index is 12.3. The summed E-state index contributed by atoms with van der Waals surface area (Å²) in [7, 11) is 0. The Morgan fingerprint density at radius 2 is 1.65 bits per heavy atom. The number of thiophene rings is 1. The third kappa shape index (κ3) is 3.88. The zero-order valence-corrected chi connectivity index (χ0v) is 9.16. The van der Waals surface area contributed by atoms with Crippen LogP contribution in [0.1, 0.15) is 4.88 Å². The van der Waals surface area contributed by atoms with Gasteiger partial charge >= 0.3 is 12.4 Å². The summed E-state index contributed by atoms with van der Waals surface area (Å²) in [5, 5.41) is 1.57. The predicted molar refractivity (Wildman–Crippen MR) is 51.6 cm³/mol. The Morgan fingerprint density at radius 3 is 2.00 bits per heavy atom. The lowest BCUT2D eigenvalue weighted by atomic mass is 9.96. The third-order valence-electron chi connectivity index (χ3n) is 2.15. The van der Waals surface area contributed by atoms with Crippen LogP contribution in [-0.4, -0.2) is 18.4 Å². The molecular weight excluding hydrogens is 268 g/mol. The van der Waals surface area contributed by atoms with Gasteiger partial charge in [0, 0.05) is 10.9 Å². The van der Waals surface area contributed by atoms with Crippen molar-refractivity contribution in [1.29, 1.82) is 0 Å². The van der Waals surface area contributed by atoms with Gasteiger partial charge < -0.3 is 5.73 Å². The van der Waals surface area contributed by atoms with Gasteiger partial charge in [0.15, 0.2) is 5.92 Å². The van der Waals surface area contributed by atoms with Crippen molar-refractivity contribution in [3.05, 3.63) is 22.4 Å². The first kappa shape index (κ1) is 14.3. The highest BCUT2D eigenvalue weighted by Gasteiger charge is 2.59. The summed E-state index contributed by atoms with van der Waals surface area (Å²) in [5.74, 6) is -3.49. The normalized spacial score (nSPS) is 15.3. The minimum Gasteiger partial charge on any atom is -0.326 e. The maximum Gasteiger partial charge on any atom is 0.402 e. The molecule has 0 aliphatic heterocycles. The molecule has 1 aromatic rings. The highest BCUT2D eigenvalue weighted by Crippen LogP contribution is 2.41. The summed E-state index contributed by atoms with van der Waals surface area (Å²) in [6, 6.07) is 0.977. The average Bonchev–Trinajstić information content (AvgIpc) is 2.49. The predicted octanol–water partition coefficient (Wildman–Crippen LogP) is 3.36. The average molecular weight is 277 g/mol. The van der Waals surface area contributed by atoms with E-state index in [2.05, 4.69) is 0 Å². The molecule has 0 aromatic carbocycles. The van der Waals surface area contributed by atoms with Gasteiger partial charge in [-0.05, 0) is 17.9 Å². The van der Waals surface area contributed by atoms with Crippen LogP contribution in [0.4, 0.5) is 26.3 Å². The standard InChI is InChI=1S/C9H9F6NS/c10-8(11,12)7(9(13,14)15)6(16)4-5-2-1-3-17-5/h1-3,6-7H,4,16H2. The number of rotatable bonds is 3. The molecule has 1 unspecified atom stereocenters. The van der Waals surface area contributed by atoms with Gasteiger partial charge in [-0.1, -0.05) is 6.07 Å². The molecule has 0 saturated carbocycles. The molecule has 1 nitrogen and oxygen atoms in total. The summed E-state index contributed by atoms with van der Waals surface area (Å²) < 4.78 is 73.8. The summed E-state index contributed by atoms with van der Waals surface area (Å²) in [5.41, 5.74) is 5.05. The van der Waals surface area contributed by atoms with Crippen molar-refractivity contribution in [3.63, 3.8) is 0 Å². The van der Waals surface area contributed by atoms with Gasteiger partial charge in [0.05, 0.1) is 0 Å². The number of nitrogens with two attached hydrogens (primary N) is 1. The molecule has 1 rings (SSSR count). The van der Waals surface area contributed by atoms with E-state index in [9.17, 15) is 26.3 Å². The SMILES string of the molecule is NC(Cc1cccs1)C(C(F)(F)F)C(F)(F)F. The first-order valence-corrected chi connectivity index (χ1v) is 5.41. The van der Waals surface area contributed by atoms with Gasteiger partial charge in [0.2, 0.25) is 0 Å². The lowest BCUT2D eigenvalue weighted by Crippen LogP contribution is -2.49. The molecule has 0 amide bonds. The summed E-state index contributed by atoms with van der Waals surface area (Å²) in [6.45, 7) is 0. The highest BCUT2D eigenvalue weighted by atomic mass is 32.1. The second-order valence-electron chi connectivity index (χ2n) is 3.51. The van der Waals surface area contributed by atoms with E-state index in [1.165, 1.54) is 6.07 Å². The summed E-state index contributed by atoms with van der Waals surface area (Å²) in [4.78, 5) is 0.399. The summed E-state index contributed by atoms with van der Waals surface area (Å²) in [6.07, 6.45) is -11.2. The Labute approximate surface area is 97.2 Å². The Kier molecular flexibility index (Phi) is 4.08. The van der Waals surface area contributed by atoms with E-state index in [1.807, 2.05) is 0 Å². The zero-order valence-electron chi connectivity index (χ0n) is 8.35. The lowest BCUT2D eigenvalue weighted by molar-refractivity contribution is -0.289. The second kappa shape index (κ2) is 4.85. The second-order valence-corrected chi connectivity index (χ2v) is 4.54. The Hall–Kier alpha value is -0.760. The number of halogens is 6. The first-order valence-electron chi connectivity index (χ1n) is 4.53. The fourth-order valence-corrected chi connectivity index (χ4v) is 2.23. The van der Waals surface area contributed by atoms with Crippen LogP contribution in [-0.2, 0) is 6.42 Å². The minimum absolute atomic E-state index is 0.399. The van der Waals surface area contributed by atoms with Crippen LogP contribution >= 0.6 is 11.3 Å². The van der Waals surface area contributed by atoms with E-state index in [1.54, 1.807) is 11.4 Å². The van der Waals surface area contributed by atoms with Crippen molar-refractivity contribution in [2.45, 2.75) is 24.8 Å². The fraction of sp³-hybridized carbons (Fsp3) is 0.556. The van der Waals surface area contributed by atoms with Gasteiger partial charge in [-0.15, -0.1) is 11.3 Å². The van der Waals surface area contributed by atoms with E-state index >= 15 is 0 Å². The molecular formula is C9H9F6NS. The van der Waals surface area contributed by atoms with Crippen LogP contribution in [0, 0.1) is 5.92 Å². The van der Waals surface area contributed by atoms with Crippen molar-refractivity contribution in [2.75, 3.05) is 0 Å². The van der Waals surface area contributed by atoms with E-state index in [0.717, 1.165) is 11.3 Å². The highest BCUT2D eigenvalue weighted by molar-refractivity contribution is 7.09. The van der Waals surface area contributed by atoms with Gasteiger partial charge in [-0.2, -0.15) is 26.3 Å². The van der Waals surface area contributed by atoms with Crippen LogP contribution in [0.2, 0.25) is 0 Å². The quantitative estimate of drug-likeness (QED) is 0.842. The van der Waals surface area contributed by atoms with Crippen molar-refractivity contribution in [1.82, 2.24) is 0 Å². The molecule has 0 radical (unpaired) electrons. The van der Waals surface area contributed by atoms with Crippen molar-refractivity contribution in [3.8, 4) is 0 Å². The smallest absolute Gasteiger partial charge is 0.326 e. The number of hydrogen-bond donors (Lipinski definition) is 1. The van der Waals surface area contributed by atoms with E-state index in [-0.39, 0.29) is 0 Å². The maximum absolute atomic E-state index is 12.3. The van der Waals surface area contributed by atoms with Crippen molar-refractivity contribution in [2.24, 2.45) is 11.7 Å². The molecule has 0 aliphatic rings. The molecule has 2 N–H and O–H groups in total. The molecule has 0 saturated heterocycles. The van der Waals surface area contributed by atoms with Crippen LogP contribution in [0.5, 0.6) is 0 Å². The molecule has 17 heavy (non-hydrogen) atoms. The van der Waals surface area contributed by atoms with Crippen molar-refractivity contribution >= 4 is 11.3 Å². The lowest BCUT2D eigenvalue weighted by Gasteiger charge is -2.27. The molecule has 1 aromatic heterocycles. The molecule has 0 bridgehead atoms. The van der Waals surface area contributed by atoms with Gasteiger partial charge in [0.25, 0.3) is 0 Å². The molecule has 1 atom stereocenters. The monoisotopic (exact) mass is 277 g/mol. The van der Waals surface area contributed by atoms with E-state index < -0.39 is 30.7 Å².